The highest BCUT2D eigenvalue weighted by atomic mass is 16.5. The summed E-state index contributed by atoms with van der Waals surface area (Å²) in [6, 6.07) is -0.0874. The standard InChI is InChI=1S/C11H19N3O3/c1-16-8-3-5-13(7-9-17-2)11(15)14-6-4-12-10-14/h4,6,10H,3,5,7-9H2,1-2H3. The van der Waals surface area contributed by atoms with E-state index in [1.165, 1.54) is 10.9 Å². The van der Waals surface area contributed by atoms with Crippen molar-refractivity contribution in [2.75, 3.05) is 40.5 Å². The third-order valence-electron chi connectivity index (χ3n) is 2.34. The highest BCUT2D eigenvalue weighted by molar-refractivity contribution is 5.76. The Labute approximate surface area is 101 Å². The molecule has 0 saturated carbocycles. The molecule has 0 bridgehead atoms. The lowest BCUT2D eigenvalue weighted by molar-refractivity contribution is 0.138. The van der Waals surface area contributed by atoms with Gasteiger partial charge >= 0.3 is 6.03 Å². The Balaban J connectivity index is 2.52. The third kappa shape index (κ3) is 4.54. The van der Waals surface area contributed by atoms with E-state index < -0.39 is 0 Å². The van der Waals surface area contributed by atoms with Crippen molar-refractivity contribution >= 4 is 6.03 Å². The molecule has 0 fully saturated rings. The van der Waals surface area contributed by atoms with Crippen LogP contribution in [0.15, 0.2) is 18.7 Å². The van der Waals surface area contributed by atoms with Crippen molar-refractivity contribution in [3.8, 4) is 0 Å². The molecule has 1 aromatic heterocycles. The fourth-order valence-electron chi connectivity index (χ4n) is 1.44. The van der Waals surface area contributed by atoms with E-state index in [1.54, 1.807) is 31.5 Å². The van der Waals surface area contributed by atoms with Crippen LogP contribution < -0.4 is 0 Å². The van der Waals surface area contributed by atoms with Gasteiger partial charge in [-0.2, -0.15) is 0 Å². The number of aromatic nitrogens is 2. The van der Waals surface area contributed by atoms with Gasteiger partial charge in [-0.1, -0.05) is 0 Å². The van der Waals surface area contributed by atoms with E-state index in [2.05, 4.69) is 4.98 Å². The van der Waals surface area contributed by atoms with Crippen LogP contribution in [0, 0.1) is 0 Å². The van der Waals surface area contributed by atoms with Gasteiger partial charge in [0.15, 0.2) is 0 Å². The Morgan fingerprint density at radius 2 is 2.06 bits per heavy atom. The highest BCUT2D eigenvalue weighted by Crippen LogP contribution is 1.99. The van der Waals surface area contributed by atoms with E-state index in [4.69, 9.17) is 9.47 Å². The molecule has 1 rings (SSSR count). The first-order chi connectivity index (χ1) is 8.29. The zero-order valence-corrected chi connectivity index (χ0v) is 10.3. The SMILES string of the molecule is COCCCN(CCOC)C(=O)n1ccnc1. The first kappa shape index (κ1) is 13.7. The summed E-state index contributed by atoms with van der Waals surface area (Å²) in [6.45, 7) is 2.37. The first-order valence-corrected chi connectivity index (χ1v) is 5.54. The van der Waals surface area contributed by atoms with Crippen LogP contribution in [0.25, 0.3) is 0 Å². The molecule has 96 valence electrons. The number of hydrogen-bond acceptors (Lipinski definition) is 4. The molecule has 0 aliphatic heterocycles. The van der Waals surface area contributed by atoms with E-state index in [0.717, 1.165) is 6.42 Å². The quantitative estimate of drug-likeness (QED) is 0.664. The Morgan fingerprint density at radius 3 is 2.65 bits per heavy atom. The van der Waals surface area contributed by atoms with E-state index in [0.29, 0.717) is 26.3 Å². The number of imidazole rings is 1. The summed E-state index contributed by atoms with van der Waals surface area (Å²) in [5.41, 5.74) is 0. The predicted molar refractivity (Wildman–Crippen MR) is 63.0 cm³/mol. The normalized spacial score (nSPS) is 10.5. The maximum absolute atomic E-state index is 12.1. The van der Waals surface area contributed by atoms with Crippen molar-refractivity contribution in [3.63, 3.8) is 0 Å². The maximum Gasteiger partial charge on any atom is 0.329 e. The number of nitrogens with zero attached hydrogens (tertiary/aromatic N) is 3. The first-order valence-electron chi connectivity index (χ1n) is 5.54. The van der Waals surface area contributed by atoms with Gasteiger partial charge in [0.2, 0.25) is 0 Å². The van der Waals surface area contributed by atoms with Gasteiger partial charge in [-0.15, -0.1) is 0 Å². The molecule has 0 saturated heterocycles. The van der Waals surface area contributed by atoms with E-state index in [1.807, 2.05) is 0 Å². The van der Waals surface area contributed by atoms with Crippen molar-refractivity contribution in [1.82, 2.24) is 14.5 Å². The summed E-state index contributed by atoms with van der Waals surface area (Å²) >= 11 is 0. The molecule has 0 aromatic carbocycles. The van der Waals surface area contributed by atoms with Crippen LogP contribution in [-0.4, -0.2) is 61.0 Å². The smallest absolute Gasteiger partial charge is 0.329 e. The average Bonchev–Trinajstić information content (AvgIpc) is 2.86. The Bertz CT molecular complexity index is 314. The third-order valence-corrected chi connectivity index (χ3v) is 2.34. The largest absolute Gasteiger partial charge is 0.385 e. The molecule has 6 heteroatoms. The predicted octanol–water partition coefficient (Wildman–Crippen LogP) is 0.836. The Morgan fingerprint density at radius 1 is 1.29 bits per heavy atom. The summed E-state index contributed by atoms with van der Waals surface area (Å²) in [7, 11) is 3.27. The van der Waals surface area contributed by atoms with Crippen LogP contribution in [-0.2, 0) is 9.47 Å². The minimum absolute atomic E-state index is 0.0874. The average molecular weight is 241 g/mol. The van der Waals surface area contributed by atoms with E-state index in [-0.39, 0.29) is 6.03 Å². The van der Waals surface area contributed by atoms with Gasteiger partial charge in [0, 0.05) is 46.3 Å². The van der Waals surface area contributed by atoms with Gasteiger partial charge in [-0.25, -0.2) is 9.78 Å². The monoisotopic (exact) mass is 241 g/mol. The van der Waals surface area contributed by atoms with Crippen molar-refractivity contribution < 1.29 is 14.3 Å². The maximum atomic E-state index is 12.1. The fourth-order valence-corrected chi connectivity index (χ4v) is 1.44. The second-order valence-corrected chi connectivity index (χ2v) is 3.58. The molecule has 0 aliphatic rings. The lowest BCUT2D eigenvalue weighted by atomic mass is 10.4. The number of ether oxygens (including phenoxy) is 2. The van der Waals surface area contributed by atoms with Crippen LogP contribution in [0.3, 0.4) is 0 Å². The summed E-state index contributed by atoms with van der Waals surface area (Å²) in [5, 5.41) is 0. The van der Waals surface area contributed by atoms with Crippen LogP contribution in [0.5, 0.6) is 0 Å². The number of amides is 1. The van der Waals surface area contributed by atoms with Crippen LogP contribution >= 0.6 is 0 Å². The molecule has 0 atom stereocenters. The van der Waals surface area contributed by atoms with E-state index in [9.17, 15) is 4.79 Å². The Kier molecular flexibility index (Phi) is 6.27. The molecule has 6 nitrogen and oxygen atoms in total. The molecular formula is C11H19N3O3. The number of carbonyl (C=O) groups excluding carboxylic acids is 1. The van der Waals surface area contributed by atoms with Gasteiger partial charge in [0.25, 0.3) is 0 Å². The summed E-state index contributed by atoms with van der Waals surface area (Å²) in [5.74, 6) is 0. The van der Waals surface area contributed by atoms with Crippen LogP contribution in [0.2, 0.25) is 0 Å². The van der Waals surface area contributed by atoms with Gasteiger partial charge < -0.3 is 14.4 Å². The number of carbonyl (C=O) groups is 1. The molecule has 0 aliphatic carbocycles. The topological polar surface area (TPSA) is 56.6 Å². The van der Waals surface area contributed by atoms with Crippen molar-refractivity contribution in [2.45, 2.75) is 6.42 Å². The van der Waals surface area contributed by atoms with Gasteiger partial charge in [0.05, 0.1) is 6.61 Å². The van der Waals surface area contributed by atoms with E-state index >= 15 is 0 Å². The fraction of sp³-hybridized carbons (Fsp3) is 0.636. The van der Waals surface area contributed by atoms with Gasteiger partial charge in [-0.3, -0.25) is 4.57 Å². The number of methoxy groups -OCH3 is 2. The molecular weight excluding hydrogens is 222 g/mol. The zero-order chi connectivity index (χ0) is 12.5. The second kappa shape index (κ2) is 7.81. The van der Waals surface area contributed by atoms with Gasteiger partial charge in [0.1, 0.15) is 6.33 Å². The lowest BCUT2D eigenvalue weighted by Crippen LogP contribution is -2.37. The summed E-state index contributed by atoms with van der Waals surface area (Å²) in [6.07, 6.45) is 5.53. The van der Waals surface area contributed by atoms with Crippen LogP contribution in [0.1, 0.15) is 6.42 Å². The summed E-state index contributed by atoms with van der Waals surface area (Å²) in [4.78, 5) is 17.6. The molecule has 0 radical (unpaired) electrons. The minimum atomic E-state index is -0.0874. The molecule has 0 unspecified atom stereocenters. The molecule has 1 amide bonds. The number of rotatable bonds is 7. The number of hydrogen-bond donors (Lipinski definition) is 0. The Hall–Kier alpha value is -1.40. The van der Waals surface area contributed by atoms with Crippen LogP contribution in [0.4, 0.5) is 4.79 Å². The van der Waals surface area contributed by atoms with Gasteiger partial charge in [-0.05, 0) is 6.42 Å². The molecule has 0 N–H and O–H groups in total. The lowest BCUT2D eigenvalue weighted by Gasteiger charge is -2.22. The molecule has 1 heterocycles. The molecule has 0 spiro atoms. The highest BCUT2D eigenvalue weighted by Gasteiger charge is 2.14. The summed E-state index contributed by atoms with van der Waals surface area (Å²) < 4.78 is 11.4. The minimum Gasteiger partial charge on any atom is -0.385 e. The van der Waals surface area contributed by atoms with Crippen molar-refractivity contribution in [2.24, 2.45) is 0 Å². The second-order valence-electron chi connectivity index (χ2n) is 3.58. The molecule has 17 heavy (non-hydrogen) atoms. The zero-order valence-electron chi connectivity index (χ0n) is 10.3. The van der Waals surface area contributed by atoms with Crippen molar-refractivity contribution in [3.05, 3.63) is 18.7 Å². The van der Waals surface area contributed by atoms with Crippen molar-refractivity contribution in [1.29, 1.82) is 0 Å². The molecule has 1 aromatic rings.